The monoisotopic (exact) mass is 399 g/mol. The highest BCUT2D eigenvalue weighted by Gasteiger charge is 2.14. The molecule has 1 aliphatic rings. The van der Waals surface area contributed by atoms with Crippen LogP contribution in [0.25, 0.3) is 0 Å². The summed E-state index contributed by atoms with van der Waals surface area (Å²) in [6.45, 7) is 7.57. The Labute approximate surface area is 173 Å². The predicted octanol–water partition coefficient (Wildman–Crippen LogP) is 2.57. The van der Waals surface area contributed by atoms with Crippen LogP contribution in [0.4, 0.5) is 0 Å². The molecule has 1 aliphatic heterocycles. The van der Waals surface area contributed by atoms with Crippen molar-refractivity contribution >= 4 is 5.96 Å². The normalized spacial score (nSPS) is 16.9. The topological polar surface area (TPSA) is 72.7 Å². The summed E-state index contributed by atoms with van der Waals surface area (Å²) in [7, 11) is 0. The number of imidazole rings is 1. The van der Waals surface area contributed by atoms with Gasteiger partial charge in [-0.1, -0.05) is 24.3 Å². The second-order valence-electron chi connectivity index (χ2n) is 7.24. The van der Waals surface area contributed by atoms with Gasteiger partial charge in [0, 0.05) is 45.2 Å². The molecule has 7 heteroatoms. The summed E-state index contributed by atoms with van der Waals surface area (Å²) in [5.74, 6) is 0.842. The molecule has 0 saturated carbocycles. The maximum Gasteiger partial charge on any atom is 0.191 e. The van der Waals surface area contributed by atoms with Crippen molar-refractivity contribution in [3.63, 3.8) is 0 Å². The van der Waals surface area contributed by atoms with Crippen LogP contribution in [0.15, 0.2) is 48.0 Å². The van der Waals surface area contributed by atoms with Gasteiger partial charge in [-0.3, -0.25) is 0 Å². The average molecular weight is 400 g/mol. The van der Waals surface area contributed by atoms with Crippen molar-refractivity contribution in [2.45, 2.75) is 45.4 Å². The molecule has 1 atom stereocenters. The number of guanidine groups is 1. The minimum absolute atomic E-state index is 0.299. The Hall–Kier alpha value is -2.38. The second kappa shape index (κ2) is 12.2. The van der Waals surface area contributed by atoms with Crippen LogP contribution >= 0.6 is 0 Å². The molecule has 3 rings (SSSR count). The van der Waals surface area contributed by atoms with Gasteiger partial charge in [-0.2, -0.15) is 0 Å². The van der Waals surface area contributed by atoms with Gasteiger partial charge in [0.15, 0.2) is 5.96 Å². The molecule has 1 saturated heterocycles. The molecule has 1 aromatic carbocycles. The molecule has 0 radical (unpaired) electrons. The Morgan fingerprint density at radius 1 is 1.28 bits per heavy atom. The van der Waals surface area contributed by atoms with Gasteiger partial charge in [0.1, 0.15) is 0 Å². The fourth-order valence-electron chi connectivity index (χ4n) is 3.22. The van der Waals surface area contributed by atoms with Crippen LogP contribution in [0.3, 0.4) is 0 Å². The van der Waals surface area contributed by atoms with E-state index in [4.69, 9.17) is 9.47 Å². The summed E-state index contributed by atoms with van der Waals surface area (Å²) in [5.41, 5.74) is 2.44. The van der Waals surface area contributed by atoms with E-state index in [-0.39, 0.29) is 0 Å². The SMILES string of the molecule is CCNC(=NCc1ccc(Cn2ccnc2)cc1)NCCCOCC1CCCO1. The lowest BCUT2D eigenvalue weighted by atomic mass is 10.1. The maximum absolute atomic E-state index is 5.71. The van der Waals surface area contributed by atoms with Crippen molar-refractivity contribution in [1.82, 2.24) is 20.2 Å². The number of hydrogen-bond acceptors (Lipinski definition) is 4. The Morgan fingerprint density at radius 2 is 2.14 bits per heavy atom. The fraction of sp³-hybridized carbons (Fsp3) is 0.545. The minimum atomic E-state index is 0.299. The second-order valence-corrected chi connectivity index (χ2v) is 7.24. The van der Waals surface area contributed by atoms with Gasteiger partial charge in [0.2, 0.25) is 0 Å². The zero-order chi connectivity index (χ0) is 20.2. The van der Waals surface area contributed by atoms with Crippen LogP contribution in [-0.4, -0.2) is 54.5 Å². The summed E-state index contributed by atoms with van der Waals surface area (Å²) < 4.78 is 13.3. The van der Waals surface area contributed by atoms with E-state index in [1.54, 1.807) is 6.20 Å². The van der Waals surface area contributed by atoms with Crippen LogP contribution in [0.2, 0.25) is 0 Å². The first-order valence-corrected chi connectivity index (χ1v) is 10.6. The van der Waals surface area contributed by atoms with Crippen LogP contribution in [0, 0.1) is 0 Å². The van der Waals surface area contributed by atoms with Gasteiger partial charge in [0.25, 0.3) is 0 Å². The van der Waals surface area contributed by atoms with Gasteiger partial charge in [-0.05, 0) is 37.3 Å². The third kappa shape index (κ3) is 7.87. The molecule has 0 spiro atoms. The van der Waals surface area contributed by atoms with E-state index in [0.29, 0.717) is 19.3 Å². The molecule has 0 bridgehead atoms. The fourth-order valence-corrected chi connectivity index (χ4v) is 3.22. The first kappa shape index (κ1) is 21.3. The summed E-state index contributed by atoms with van der Waals surface area (Å²) in [4.78, 5) is 8.77. The Kier molecular flexibility index (Phi) is 9.00. The van der Waals surface area contributed by atoms with E-state index in [9.17, 15) is 0 Å². The predicted molar refractivity (Wildman–Crippen MR) is 115 cm³/mol. The summed E-state index contributed by atoms with van der Waals surface area (Å²) >= 11 is 0. The number of ether oxygens (including phenoxy) is 2. The lowest BCUT2D eigenvalue weighted by Crippen LogP contribution is -2.38. The standard InChI is InChI=1S/C22H33N5O2/c1-2-24-22(25-10-4-13-28-17-21-5-3-14-29-21)26-15-19-6-8-20(9-7-19)16-27-12-11-23-18-27/h6-9,11-12,18,21H,2-5,10,13-17H2,1H3,(H2,24,25,26). The molecule has 1 unspecified atom stereocenters. The number of hydrogen-bond donors (Lipinski definition) is 2. The molecule has 29 heavy (non-hydrogen) atoms. The quantitative estimate of drug-likeness (QED) is 0.345. The first-order valence-electron chi connectivity index (χ1n) is 10.6. The van der Waals surface area contributed by atoms with Crippen LogP contribution in [0.5, 0.6) is 0 Å². The lowest BCUT2D eigenvalue weighted by molar-refractivity contribution is 0.0168. The van der Waals surface area contributed by atoms with Crippen molar-refractivity contribution in [2.24, 2.45) is 4.99 Å². The van der Waals surface area contributed by atoms with Crippen molar-refractivity contribution in [1.29, 1.82) is 0 Å². The van der Waals surface area contributed by atoms with Gasteiger partial charge >= 0.3 is 0 Å². The number of nitrogens with zero attached hydrogens (tertiary/aromatic N) is 3. The number of aromatic nitrogens is 2. The molecule has 158 valence electrons. The molecule has 1 aromatic heterocycles. The Bertz CT molecular complexity index is 709. The molecule has 0 amide bonds. The van der Waals surface area contributed by atoms with Gasteiger partial charge in [-0.25, -0.2) is 9.98 Å². The van der Waals surface area contributed by atoms with Crippen molar-refractivity contribution < 1.29 is 9.47 Å². The molecule has 2 aromatic rings. The molecule has 2 N–H and O–H groups in total. The first-order chi connectivity index (χ1) is 14.3. The van der Waals surface area contributed by atoms with E-state index in [2.05, 4.69) is 56.4 Å². The third-order valence-electron chi connectivity index (χ3n) is 4.80. The van der Waals surface area contributed by atoms with E-state index in [0.717, 1.165) is 58.1 Å². The van der Waals surface area contributed by atoms with Gasteiger partial charge < -0.3 is 24.7 Å². The number of nitrogens with one attached hydrogen (secondary N) is 2. The highest BCUT2D eigenvalue weighted by atomic mass is 16.5. The van der Waals surface area contributed by atoms with Crippen molar-refractivity contribution in [2.75, 3.05) is 32.9 Å². The summed E-state index contributed by atoms with van der Waals surface area (Å²) in [6.07, 6.45) is 9.13. The molecule has 2 heterocycles. The highest BCUT2D eigenvalue weighted by Crippen LogP contribution is 2.12. The van der Waals surface area contributed by atoms with E-state index < -0.39 is 0 Å². The van der Waals surface area contributed by atoms with Gasteiger partial charge in [-0.15, -0.1) is 0 Å². The molecule has 0 aliphatic carbocycles. The van der Waals surface area contributed by atoms with Crippen LogP contribution < -0.4 is 10.6 Å². The minimum Gasteiger partial charge on any atom is -0.379 e. The third-order valence-corrected chi connectivity index (χ3v) is 4.80. The van der Waals surface area contributed by atoms with Gasteiger partial charge in [0.05, 0.1) is 25.6 Å². The number of benzene rings is 1. The Balaban J connectivity index is 1.36. The van der Waals surface area contributed by atoms with E-state index >= 15 is 0 Å². The molecular weight excluding hydrogens is 366 g/mol. The van der Waals surface area contributed by atoms with Crippen LogP contribution in [-0.2, 0) is 22.6 Å². The zero-order valence-electron chi connectivity index (χ0n) is 17.3. The number of rotatable bonds is 11. The zero-order valence-corrected chi connectivity index (χ0v) is 17.3. The lowest BCUT2D eigenvalue weighted by Gasteiger charge is -2.13. The average Bonchev–Trinajstić information content (AvgIpc) is 3.44. The summed E-state index contributed by atoms with van der Waals surface area (Å²) in [5, 5.41) is 6.68. The molecule has 1 fully saturated rings. The van der Waals surface area contributed by atoms with Crippen molar-refractivity contribution in [3.8, 4) is 0 Å². The van der Waals surface area contributed by atoms with Crippen molar-refractivity contribution in [3.05, 3.63) is 54.1 Å². The van der Waals surface area contributed by atoms with Crippen LogP contribution in [0.1, 0.15) is 37.3 Å². The van der Waals surface area contributed by atoms with E-state index in [1.165, 1.54) is 11.1 Å². The Morgan fingerprint density at radius 3 is 2.86 bits per heavy atom. The smallest absolute Gasteiger partial charge is 0.191 e. The summed E-state index contributed by atoms with van der Waals surface area (Å²) in [6, 6.07) is 8.57. The highest BCUT2D eigenvalue weighted by molar-refractivity contribution is 5.79. The maximum atomic E-state index is 5.71. The largest absolute Gasteiger partial charge is 0.379 e. The molecular formula is C22H33N5O2. The molecule has 7 nitrogen and oxygen atoms in total. The van der Waals surface area contributed by atoms with E-state index in [1.807, 2.05) is 12.5 Å². The number of aliphatic imine (C=N–C) groups is 1.